The van der Waals surface area contributed by atoms with Gasteiger partial charge in [0.2, 0.25) is 0 Å². The molecule has 2 atom stereocenters. The van der Waals surface area contributed by atoms with E-state index < -0.39 is 17.7 Å². The smallest absolute Gasteiger partial charge is 0.404 e. The number of primary amides is 1. The Bertz CT molecular complexity index is 673. The molecule has 2 aromatic rings. The molecule has 0 radical (unpaired) electrons. The van der Waals surface area contributed by atoms with Crippen LogP contribution < -0.4 is 5.73 Å². The zero-order chi connectivity index (χ0) is 16.3. The number of benzene rings is 1. The Kier molecular flexibility index (Phi) is 4.75. The fourth-order valence-electron chi connectivity index (χ4n) is 2.02. The van der Waals surface area contributed by atoms with Crippen LogP contribution in [-0.2, 0) is 11.3 Å². The third-order valence-electron chi connectivity index (χ3n) is 3.43. The van der Waals surface area contributed by atoms with Crippen molar-refractivity contribution in [2.75, 3.05) is 0 Å². The number of carbonyl (C=O) groups excluding carboxylic acids is 1. The van der Waals surface area contributed by atoms with Crippen molar-refractivity contribution in [3.8, 4) is 11.3 Å². The molecule has 1 heterocycles. The molecule has 22 heavy (non-hydrogen) atoms. The fraction of sp³-hybridized carbons (Fsp3) is 0.333. The van der Waals surface area contributed by atoms with Crippen LogP contribution in [-0.4, -0.2) is 22.0 Å². The van der Waals surface area contributed by atoms with Crippen molar-refractivity contribution in [2.24, 2.45) is 11.7 Å². The molecule has 2 rings (SSSR count). The van der Waals surface area contributed by atoms with Gasteiger partial charge in [0.15, 0.2) is 11.6 Å². The molecule has 1 unspecified atom stereocenters. The van der Waals surface area contributed by atoms with Gasteiger partial charge in [-0.1, -0.05) is 6.92 Å². The molecule has 1 amide bonds. The average Bonchev–Trinajstić information content (AvgIpc) is 2.89. The second kappa shape index (κ2) is 6.55. The molecule has 0 aliphatic heterocycles. The number of carbonyl (C=O) groups is 1. The monoisotopic (exact) mass is 309 g/mol. The van der Waals surface area contributed by atoms with Gasteiger partial charge in [-0.15, -0.1) is 0 Å². The van der Waals surface area contributed by atoms with E-state index in [1.165, 1.54) is 6.07 Å². The second-order valence-corrected chi connectivity index (χ2v) is 5.17. The van der Waals surface area contributed by atoms with E-state index >= 15 is 0 Å². The van der Waals surface area contributed by atoms with Gasteiger partial charge in [0, 0.05) is 24.2 Å². The quantitative estimate of drug-likeness (QED) is 0.923. The van der Waals surface area contributed by atoms with Gasteiger partial charge in [-0.2, -0.15) is 5.10 Å². The number of aromatic nitrogens is 2. The maximum Gasteiger partial charge on any atom is 0.404 e. The first-order valence-corrected chi connectivity index (χ1v) is 6.81. The molecule has 1 aromatic heterocycles. The van der Waals surface area contributed by atoms with Crippen LogP contribution in [0.3, 0.4) is 0 Å². The van der Waals surface area contributed by atoms with Crippen molar-refractivity contribution in [3.05, 3.63) is 42.1 Å². The van der Waals surface area contributed by atoms with Gasteiger partial charge in [0.25, 0.3) is 0 Å². The number of amides is 1. The van der Waals surface area contributed by atoms with Gasteiger partial charge < -0.3 is 10.5 Å². The first kappa shape index (κ1) is 15.9. The first-order valence-electron chi connectivity index (χ1n) is 6.81. The van der Waals surface area contributed by atoms with Crippen LogP contribution in [0.2, 0.25) is 0 Å². The van der Waals surface area contributed by atoms with Gasteiger partial charge in [0.05, 0.1) is 5.69 Å². The summed E-state index contributed by atoms with van der Waals surface area (Å²) in [7, 11) is 0. The minimum atomic E-state index is -0.913. The summed E-state index contributed by atoms with van der Waals surface area (Å²) in [4.78, 5) is 10.7. The normalized spacial score (nSPS) is 13.6. The summed E-state index contributed by atoms with van der Waals surface area (Å²) in [5, 5.41) is 4.31. The number of halogens is 2. The van der Waals surface area contributed by atoms with E-state index in [1.54, 1.807) is 23.9 Å². The van der Waals surface area contributed by atoms with Crippen molar-refractivity contribution in [1.29, 1.82) is 0 Å². The number of hydrogen-bond acceptors (Lipinski definition) is 3. The Morgan fingerprint density at radius 3 is 2.68 bits per heavy atom. The fourth-order valence-corrected chi connectivity index (χ4v) is 2.02. The number of hydrogen-bond donors (Lipinski definition) is 1. The third-order valence-corrected chi connectivity index (χ3v) is 3.43. The summed E-state index contributed by atoms with van der Waals surface area (Å²) in [5.74, 6) is -1.82. The third kappa shape index (κ3) is 3.81. The van der Waals surface area contributed by atoms with Crippen LogP contribution in [0.15, 0.2) is 30.5 Å². The molecule has 1 aromatic carbocycles. The van der Waals surface area contributed by atoms with E-state index in [0.717, 1.165) is 12.1 Å². The van der Waals surface area contributed by atoms with E-state index in [-0.39, 0.29) is 12.0 Å². The van der Waals surface area contributed by atoms with Crippen LogP contribution in [0.5, 0.6) is 0 Å². The van der Waals surface area contributed by atoms with E-state index in [4.69, 9.17) is 10.5 Å². The lowest BCUT2D eigenvalue weighted by Gasteiger charge is -2.19. The Balaban J connectivity index is 2.08. The molecular formula is C15H17F2N3O2. The number of nitrogens with two attached hydrogens (primary N) is 1. The van der Waals surface area contributed by atoms with Gasteiger partial charge >= 0.3 is 6.09 Å². The second-order valence-electron chi connectivity index (χ2n) is 5.17. The molecular weight excluding hydrogens is 292 g/mol. The average molecular weight is 309 g/mol. The minimum Gasteiger partial charge on any atom is -0.446 e. The summed E-state index contributed by atoms with van der Waals surface area (Å²) in [6.45, 7) is 4.14. The molecule has 118 valence electrons. The van der Waals surface area contributed by atoms with Crippen LogP contribution in [0, 0.1) is 17.6 Å². The van der Waals surface area contributed by atoms with Crippen molar-refractivity contribution >= 4 is 6.09 Å². The predicted molar refractivity (Wildman–Crippen MR) is 76.9 cm³/mol. The number of rotatable bonds is 5. The lowest BCUT2D eigenvalue weighted by molar-refractivity contribution is 0.0784. The lowest BCUT2D eigenvalue weighted by Crippen LogP contribution is -2.28. The van der Waals surface area contributed by atoms with E-state index in [0.29, 0.717) is 17.8 Å². The van der Waals surface area contributed by atoms with E-state index in [2.05, 4.69) is 5.10 Å². The molecule has 7 heteroatoms. The van der Waals surface area contributed by atoms with E-state index in [1.807, 2.05) is 6.92 Å². The highest BCUT2D eigenvalue weighted by atomic mass is 19.2. The molecule has 0 saturated heterocycles. The Labute approximate surface area is 126 Å². The molecule has 0 aliphatic rings. The molecule has 0 bridgehead atoms. The molecule has 0 spiro atoms. The highest BCUT2D eigenvalue weighted by Gasteiger charge is 2.16. The lowest BCUT2D eigenvalue weighted by atomic mass is 10.1. The molecule has 0 aliphatic carbocycles. The summed E-state index contributed by atoms with van der Waals surface area (Å²) in [5.41, 5.74) is 6.01. The zero-order valence-electron chi connectivity index (χ0n) is 12.3. The highest BCUT2D eigenvalue weighted by molar-refractivity contribution is 5.64. The van der Waals surface area contributed by atoms with Gasteiger partial charge in [0.1, 0.15) is 6.10 Å². The van der Waals surface area contributed by atoms with Gasteiger partial charge in [-0.3, -0.25) is 4.68 Å². The Hall–Kier alpha value is -2.44. The van der Waals surface area contributed by atoms with Crippen molar-refractivity contribution in [2.45, 2.75) is 26.5 Å². The predicted octanol–water partition coefficient (Wildman–Crippen LogP) is 2.95. The van der Waals surface area contributed by atoms with Crippen LogP contribution in [0.25, 0.3) is 11.3 Å². The van der Waals surface area contributed by atoms with Gasteiger partial charge in [-0.25, -0.2) is 13.6 Å². The van der Waals surface area contributed by atoms with E-state index in [9.17, 15) is 13.6 Å². The van der Waals surface area contributed by atoms with Crippen LogP contribution in [0.1, 0.15) is 13.8 Å². The molecule has 0 saturated carbocycles. The SMILES string of the molecule is CC(OC(N)=O)[C@@H](C)Cn1ccc(-c2ccc(F)c(F)c2)n1. The summed E-state index contributed by atoms with van der Waals surface area (Å²) < 4.78 is 32.7. The van der Waals surface area contributed by atoms with Crippen molar-refractivity contribution in [3.63, 3.8) is 0 Å². The zero-order valence-corrected chi connectivity index (χ0v) is 12.3. The Morgan fingerprint density at radius 2 is 2.05 bits per heavy atom. The summed E-state index contributed by atoms with van der Waals surface area (Å²) in [6, 6.07) is 5.34. The summed E-state index contributed by atoms with van der Waals surface area (Å²) >= 11 is 0. The maximum absolute atomic E-state index is 13.2. The number of ether oxygens (including phenoxy) is 1. The first-order chi connectivity index (χ1) is 10.4. The Morgan fingerprint density at radius 1 is 1.32 bits per heavy atom. The van der Waals surface area contributed by atoms with Crippen molar-refractivity contribution in [1.82, 2.24) is 9.78 Å². The standard InChI is InChI=1S/C15H17F2N3O2/c1-9(10(2)22-15(18)21)8-20-6-5-14(19-20)11-3-4-12(16)13(17)7-11/h3-7,9-10H,8H2,1-2H3,(H2,18,21)/t9-,10?/m0/s1. The number of nitrogens with zero attached hydrogens (tertiary/aromatic N) is 2. The maximum atomic E-state index is 13.2. The molecule has 5 nitrogen and oxygen atoms in total. The van der Waals surface area contributed by atoms with Crippen LogP contribution in [0.4, 0.5) is 13.6 Å². The van der Waals surface area contributed by atoms with Crippen LogP contribution >= 0.6 is 0 Å². The van der Waals surface area contributed by atoms with Crippen molar-refractivity contribution < 1.29 is 18.3 Å². The summed E-state index contributed by atoms with van der Waals surface area (Å²) in [6.07, 6.45) is 0.556. The minimum absolute atomic E-state index is 0.00907. The molecule has 0 fully saturated rings. The highest BCUT2D eigenvalue weighted by Crippen LogP contribution is 2.20. The van der Waals surface area contributed by atoms with Gasteiger partial charge in [-0.05, 0) is 31.2 Å². The largest absolute Gasteiger partial charge is 0.446 e. The molecule has 2 N–H and O–H groups in total. The topological polar surface area (TPSA) is 70.1 Å².